The van der Waals surface area contributed by atoms with Gasteiger partial charge in [-0.3, -0.25) is 4.98 Å². The molecule has 0 radical (unpaired) electrons. The predicted molar refractivity (Wildman–Crippen MR) is 76.1 cm³/mol. The molecule has 0 bridgehead atoms. The van der Waals surface area contributed by atoms with Gasteiger partial charge in [-0.25, -0.2) is 0 Å². The van der Waals surface area contributed by atoms with E-state index in [1.807, 2.05) is 31.2 Å². The molecule has 1 heterocycles. The van der Waals surface area contributed by atoms with Gasteiger partial charge >= 0.3 is 0 Å². The second-order valence-electron chi connectivity index (χ2n) is 5.01. The van der Waals surface area contributed by atoms with Crippen LogP contribution in [0.25, 0.3) is 10.9 Å². The molecule has 0 spiro atoms. The first-order valence-electron chi connectivity index (χ1n) is 5.92. The third-order valence-corrected chi connectivity index (χ3v) is 3.48. The molecular formula is C14H17ClN2O. The van der Waals surface area contributed by atoms with Gasteiger partial charge in [0.05, 0.1) is 27.9 Å². The van der Waals surface area contributed by atoms with Crippen molar-refractivity contribution in [2.75, 3.05) is 5.32 Å². The number of hydrogen-bond donors (Lipinski definition) is 2. The molecule has 1 aromatic carbocycles. The van der Waals surface area contributed by atoms with Crippen LogP contribution in [0.1, 0.15) is 20.8 Å². The van der Waals surface area contributed by atoms with Crippen LogP contribution in [0.2, 0.25) is 5.02 Å². The van der Waals surface area contributed by atoms with Crippen molar-refractivity contribution in [1.29, 1.82) is 0 Å². The lowest BCUT2D eigenvalue weighted by molar-refractivity contribution is 0.0649. The number of halogens is 1. The third-order valence-electron chi connectivity index (χ3n) is 3.15. The zero-order valence-corrected chi connectivity index (χ0v) is 11.5. The highest BCUT2D eigenvalue weighted by atomic mass is 35.5. The molecule has 1 unspecified atom stereocenters. The summed E-state index contributed by atoms with van der Waals surface area (Å²) < 4.78 is 0. The van der Waals surface area contributed by atoms with Gasteiger partial charge in [0.2, 0.25) is 0 Å². The molecule has 2 N–H and O–H groups in total. The summed E-state index contributed by atoms with van der Waals surface area (Å²) in [7, 11) is 0. The fourth-order valence-electron chi connectivity index (χ4n) is 1.66. The highest BCUT2D eigenvalue weighted by Crippen LogP contribution is 2.29. The molecule has 0 amide bonds. The Morgan fingerprint density at radius 2 is 2.06 bits per heavy atom. The zero-order chi connectivity index (χ0) is 13.3. The summed E-state index contributed by atoms with van der Waals surface area (Å²) in [4.78, 5) is 4.35. The van der Waals surface area contributed by atoms with Crippen molar-refractivity contribution >= 4 is 28.2 Å². The summed E-state index contributed by atoms with van der Waals surface area (Å²) in [6.07, 6.45) is 1.73. The van der Waals surface area contributed by atoms with Crippen molar-refractivity contribution in [2.24, 2.45) is 0 Å². The number of rotatable bonds is 3. The quantitative estimate of drug-likeness (QED) is 0.892. The van der Waals surface area contributed by atoms with Gasteiger partial charge in [-0.05, 0) is 45.0 Å². The molecule has 4 heteroatoms. The van der Waals surface area contributed by atoms with Crippen LogP contribution in [0.4, 0.5) is 5.69 Å². The smallest absolute Gasteiger partial charge is 0.0948 e. The lowest BCUT2D eigenvalue weighted by Gasteiger charge is -2.28. The van der Waals surface area contributed by atoms with E-state index >= 15 is 0 Å². The van der Waals surface area contributed by atoms with Crippen molar-refractivity contribution in [3.8, 4) is 0 Å². The van der Waals surface area contributed by atoms with Crippen LogP contribution in [0, 0.1) is 0 Å². The highest BCUT2D eigenvalue weighted by Gasteiger charge is 2.22. The van der Waals surface area contributed by atoms with Gasteiger partial charge in [0.15, 0.2) is 0 Å². The van der Waals surface area contributed by atoms with Crippen molar-refractivity contribution in [1.82, 2.24) is 4.98 Å². The van der Waals surface area contributed by atoms with Gasteiger partial charge in [0.1, 0.15) is 0 Å². The number of anilines is 1. The van der Waals surface area contributed by atoms with E-state index in [0.717, 1.165) is 16.6 Å². The second kappa shape index (κ2) is 4.75. The Kier molecular flexibility index (Phi) is 3.46. The van der Waals surface area contributed by atoms with Crippen molar-refractivity contribution < 1.29 is 5.11 Å². The number of pyridine rings is 1. The molecule has 0 saturated heterocycles. The number of hydrogen-bond acceptors (Lipinski definition) is 3. The van der Waals surface area contributed by atoms with E-state index in [4.69, 9.17) is 11.6 Å². The van der Waals surface area contributed by atoms with E-state index in [9.17, 15) is 5.11 Å². The third kappa shape index (κ3) is 2.57. The molecule has 0 aliphatic rings. The standard InChI is InChI=1S/C14H17ClN2O/c1-9(14(2,3)18)17-12-7-6-11(15)10-5-4-8-16-13(10)12/h4-9,17-18H,1-3H3. The number of nitrogens with one attached hydrogen (secondary N) is 1. The molecule has 96 valence electrons. The number of fused-ring (bicyclic) bond motifs is 1. The minimum absolute atomic E-state index is 0.0936. The van der Waals surface area contributed by atoms with E-state index < -0.39 is 5.60 Å². The normalized spacial score (nSPS) is 13.6. The minimum atomic E-state index is -0.805. The molecule has 0 aliphatic heterocycles. The van der Waals surface area contributed by atoms with Crippen LogP contribution in [-0.2, 0) is 0 Å². The fourth-order valence-corrected chi connectivity index (χ4v) is 1.88. The number of benzene rings is 1. The van der Waals surface area contributed by atoms with Gasteiger partial charge in [0.25, 0.3) is 0 Å². The SMILES string of the molecule is CC(Nc1ccc(Cl)c2cccnc12)C(C)(C)O. The molecule has 3 nitrogen and oxygen atoms in total. The lowest BCUT2D eigenvalue weighted by Crippen LogP contribution is -2.39. The summed E-state index contributed by atoms with van der Waals surface area (Å²) in [5, 5.41) is 14.8. The Labute approximate surface area is 112 Å². The summed E-state index contributed by atoms with van der Waals surface area (Å²) in [5.74, 6) is 0. The first kappa shape index (κ1) is 13.1. The molecule has 18 heavy (non-hydrogen) atoms. The van der Waals surface area contributed by atoms with Crippen LogP contribution in [-0.4, -0.2) is 21.7 Å². The molecule has 0 aliphatic carbocycles. The van der Waals surface area contributed by atoms with Crippen LogP contribution < -0.4 is 5.32 Å². The van der Waals surface area contributed by atoms with Crippen LogP contribution >= 0.6 is 11.6 Å². The number of aromatic nitrogens is 1. The van der Waals surface area contributed by atoms with Gasteiger partial charge < -0.3 is 10.4 Å². The van der Waals surface area contributed by atoms with Crippen molar-refractivity contribution in [3.63, 3.8) is 0 Å². The fraction of sp³-hybridized carbons (Fsp3) is 0.357. The number of aliphatic hydroxyl groups is 1. The molecule has 1 atom stereocenters. The first-order valence-corrected chi connectivity index (χ1v) is 6.29. The van der Waals surface area contributed by atoms with E-state index in [1.165, 1.54) is 0 Å². The lowest BCUT2D eigenvalue weighted by atomic mass is 10.0. The molecule has 0 saturated carbocycles. The highest BCUT2D eigenvalue weighted by molar-refractivity contribution is 6.35. The second-order valence-corrected chi connectivity index (χ2v) is 5.42. The maximum absolute atomic E-state index is 9.97. The van der Waals surface area contributed by atoms with Crippen molar-refractivity contribution in [3.05, 3.63) is 35.5 Å². The van der Waals surface area contributed by atoms with Gasteiger partial charge in [-0.15, -0.1) is 0 Å². The maximum atomic E-state index is 9.97. The number of nitrogens with zero attached hydrogens (tertiary/aromatic N) is 1. The topological polar surface area (TPSA) is 45.2 Å². The van der Waals surface area contributed by atoms with Gasteiger partial charge in [0, 0.05) is 11.6 Å². The Bertz CT molecular complexity index is 563. The van der Waals surface area contributed by atoms with E-state index in [0.29, 0.717) is 5.02 Å². The average molecular weight is 265 g/mol. The predicted octanol–water partition coefficient (Wildman–Crippen LogP) is 3.46. The summed E-state index contributed by atoms with van der Waals surface area (Å²) in [6.45, 7) is 5.48. The average Bonchev–Trinajstić information content (AvgIpc) is 2.32. The summed E-state index contributed by atoms with van der Waals surface area (Å²) >= 11 is 6.14. The Morgan fingerprint density at radius 3 is 2.72 bits per heavy atom. The van der Waals surface area contributed by atoms with E-state index in [2.05, 4.69) is 10.3 Å². The maximum Gasteiger partial charge on any atom is 0.0948 e. The molecule has 1 aromatic heterocycles. The molecule has 2 aromatic rings. The summed E-state index contributed by atoms with van der Waals surface area (Å²) in [5.41, 5.74) is 0.895. The first-order chi connectivity index (χ1) is 8.39. The van der Waals surface area contributed by atoms with Gasteiger partial charge in [-0.1, -0.05) is 11.6 Å². The van der Waals surface area contributed by atoms with Gasteiger partial charge in [-0.2, -0.15) is 0 Å². The van der Waals surface area contributed by atoms with Crippen molar-refractivity contribution in [2.45, 2.75) is 32.4 Å². The zero-order valence-electron chi connectivity index (χ0n) is 10.7. The monoisotopic (exact) mass is 264 g/mol. The van der Waals surface area contributed by atoms with E-state index in [1.54, 1.807) is 20.0 Å². The Balaban J connectivity index is 2.44. The van der Waals surface area contributed by atoms with Crippen LogP contribution in [0.5, 0.6) is 0 Å². The largest absolute Gasteiger partial charge is 0.388 e. The minimum Gasteiger partial charge on any atom is -0.388 e. The molecule has 2 rings (SSSR count). The summed E-state index contributed by atoms with van der Waals surface area (Å²) in [6, 6.07) is 7.43. The molecular weight excluding hydrogens is 248 g/mol. The Hall–Kier alpha value is -1.32. The molecule has 0 fully saturated rings. The van der Waals surface area contributed by atoms with E-state index in [-0.39, 0.29) is 6.04 Å². The van der Waals surface area contributed by atoms with Crippen LogP contribution in [0.15, 0.2) is 30.5 Å². The Morgan fingerprint density at radius 1 is 1.33 bits per heavy atom. The van der Waals surface area contributed by atoms with Crippen LogP contribution in [0.3, 0.4) is 0 Å².